The zero-order chi connectivity index (χ0) is 24.9. The molecule has 0 amide bonds. The second kappa shape index (κ2) is 10.2. The molecule has 0 radical (unpaired) electrons. The predicted molar refractivity (Wildman–Crippen MR) is 143 cm³/mol. The highest BCUT2D eigenvalue weighted by molar-refractivity contribution is 7.21. The molecule has 0 saturated heterocycles. The normalized spacial score (nSPS) is 11.9. The molecule has 36 heavy (non-hydrogen) atoms. The second-order valence-corrected chi connectivity index (χ2v) is 8.88. The van der Waals surface area contributed by atoms with Crippen LogP contribution in [0.15, 0.2) is 110 Å². The third-order valence-corrected chi connectivity index (χ3v) is 6.07. The van der Waals surface area contributed by atoms with E-state index in [1.807, 2.05) is 55.5 Å². The molecule has 0 unspecified atom stereocenters. The summed E-state index contributed by atoms with van der Waals surface area (Å²) in [5, 5.41) is 37.8. The van der Waals surface area contributed by atoms with Crippen molar-refractivity contribution >= 4 is 55.6 Å². The van der Waals surface area contributed by atoms with Crippen LogP contribution >= 0.6 is 11.3 Å². The third-order valence-electron chi connectivity index (χ3n) is 5.15. The van der Waals surface area contributed by atoms with Gasteiger partial charge in [-0.3, -0.25) is 4.99 Å². The Morgan fingerprint density at radius 3 is 2.36 bits per heavy atom. The topological polar surface area (TPSA) is 115 Å². The lowest BCUT2D eigenvalue weighted by Crippen LogP contribution is -1.82. The number of aryl methyl sites for hydroxylation is 1. The monoisotopic (exact) mass is 492 g/mol. The van der Waals surface area contributed by atoms with Gasteiger partial charge in [-0.05, 0) is 61.5 Å². The van der Waals surface area contributed by atoms with Gasteiger partial charge in [0.1, 0.15) is 17.2 Å². The average Bonchev–Trinajstić information content (AvgIpc) is 3.31. The van der Waals surface area contributed by atoms with Gasteiger partial charge in [-0.25, -0.2) is 4.98 Å². The van der Waals surface area contributed by atoms with Crippen molar-refractivity contribution in [2.24, 2.45) is 25.4 Å². The fraction of sp³-hybridized carbons (Fsp3) is 0.0370. The molecule has 176 valence electrons. The van der Waals surface area contributed by atoms with Crippen LogP contribution in [-0.4, -0.2) is 21.4 Å². The molecule has 8 nitrogen and oxygen atoms in total. The molecule has 0 saturated carbocycles. The van der Waals surface area contributed by atoms with Crippen LogP contribution in [0.4, 0.5) is 27.9 Å². The third kappa shape index (κ3) is 5.48. The standard InChI is InChI=1S/C27H20N6O2S/c1-17-6-8-19(9-7-17)30-32-22-12-11-21(34)15-24(22)28-16-18-14-20(10-13-25(18)35)31-33-27-29-23-4-2-3-5-26(23)36-27/h2-16,34-35H,1H3. The van der Waals surface area contributed by atoms with Gasteiger partial charge in [-0.1, -0.05) is 41.2 Å². The van der Waals surface area contributed by atoms with Crippen molar-refractivity contribution in [3.05, 3.63) is 96.1 Å². The van der Waals surface area contributed by atoms with Gasteiger partial charge in [0.2, 0.25) is 5.13 Å². The minimum Gasteiger partial charge on any atom is -0.508 e. The van der Waals surface area contributed by atoms with Gasteiger partial charge >= 0.3 is 0 Å². The number of rotatable bonds is 6. The van der Waals surface area contributed by atoms with E-state index < -0.39 is 0 Å². The molecule has 1 aromatic heterocycles. The summed E-state index contributed by atoms with van der Waals surface area (Å²) in [5.74, 6) is 0.0692. The van der Waals surface area contributed by atoms with Crippen LogP contribution in [0.5, 0.6) is 11.5 Å². The average molecular weight is 493 g/mol. The first-order valence-electron chi connectivity index (χ1n) is 11.0. The van der Waals surface area contributed by atoms with E-state index in [4.69, 9.17) is 0 Å². The van der Waals surface area contributed by atoms with E-state index in [9.17, 15) is 10.2 Å². The molecule has 0 aliphatic carbocycles. The number of hydrogen-bond donors (Lipinski definition) is 2. The summed E-state index contributed by atoms with van der Waals surface area (Å²) in [7, 11) is 0. The molecule has 0 spiro atoms. The molecule has 0 bridgehead atoms. The number of phenols is 2. The van der Waals surface area contributed by atoms with E-state index in [-0.39, 0.29) is 11.5 Å². The van der Waals surface area contributed by atoms with E-state index in [1.54, 1.807) is 18.2 Å². The van der Waals surface area contributed by atoms with Crippen molar-refractivity contribution in [2.75, 3.05) is 0 Å². The quantitative estimate of drug-likeness (QED) is 0.183. The molecule has 0 atom stereocenters. The molecular weight excluding hydrogens is 472 g/mol. The van der Waals surface area contributed by atoms with Crippen LogP contribution in [-0.2, 0) is 0 Å². The zero-order valence-electron chi connectivity index (χ0n) is 19.1. The SMILES string of the molecule is Cc1ccc(N=Nc2ccc(O)cc2N=Cc2cc(N=Nc3nc4ccccc4s3)ccc2O)cc1. The van der Waals surface area contributed by atoms with Crippen LogP contribution < -0.4 is 0 Å². The lowest BCUT2D eigenvalue weighted by Gasteiger charge is -2.03. The van der Waals surface area contributed by atoms with Gasteiger partial charge in [0.15, 0.2) is 0 Å². The molecule has 0 fully saturated rings. The van der Waals surface area contributed by atoms with E-state index in [0.29, 0.717) is 33.4 Å². The molecule has 9 heteroatoms. The number of hydrogen-bond acceptors (Lipinski definition) is 9. The van der Waals surface area contributed by atoms with Gasteiger partial charge < -0.3 is 10.2 Å². The number of aliphatic imine (C=N–C) groups is 1. The first-order valence-corrected chi connectivity index (χ1v) is 11.8. The molecule has 0 aliphatic rings. The van der Waals surface area contributed by atoms with Crippen LogP contribution in [0.25, 0.3) is 10.2 Å². The second-order valence-electron chi connectivity index (χ2n) is 7.87. The summed E-state index contributed by atoms with van der Waals surface area (Å²) in [4.78, 5) is 8.88. The number of benzene rings is 4. The van der Waals surface area contributed by atoms with E-state index >= 15 is 0 Å². The lowest BCUT2D eigenvalue weighted by atomic mass is 10.2. The van der Waals surface area contributed by atoms with Gasteiger partial charge in [0.25, 0.3) is 0 Å². The van der Waals surface area contributed by atoms with E-state index in [2.05, 4.69) is 30.4 Å². The Bertz CT molecular complexity index is 1590. The van der Waals surface area contributed by atoms with Crippen LogP contribution in [0.3, 0.4) is 0 Å². The molecule has 2 N–H and O–H groups in total. The summed E-state index contributed by atoms with van der Waals surface area (Å²) in [6, 6.07) is 24.9. The maximum Gasteiger partial charge on any atom is 0.231 e. The molecule has 5 aromatic rings. The summed E-state index contributed by atoms with van der Waals surface area (Å²) in [5.41, 5.74) is 4.53. The highest BCUT2D eigenvalue weighted by atomic mass is 32.1. The van der Waals surface area contributed by atoms with Gasteiger partial charge in [-0.15, -0.1) is 15.3 Å². The van der Waals surface area contributed by atoms with Crippen molar-refractivity contribution in [1.82, 2.24) is 4.98 Å². The smallest absolute Gasteiger partial charge is 0.231 e. The maximum absolute atomic E-state index is 10.3. The Morgan fingerprint density at radius 2 is 1.53 bits per heavy atom. The molecule has 1 heterocycles. The van der Waals surface area contributed by atoms with E-state index in [0.717, 1.165) is 15.8 Å². The van der Waals surface area contributed by atoms with Crippen LogP contribution in [0.2, 0.25) is 0 Å². The minimum absolute atomic E-state index is 0.0284. The molecule has 4 aromatic carbocycles. The Labute approximate surface area is 210 Å². The van der Waals surface area contributed by atoms with Gasteiger partial charge in [0, 0.05) is 17.8 Å². The highest BCUT2D eigenvalue weighted by Crippen LogP contribution is 2.34. The molecule has 5 rings (SSSR count). The number of nitrogens with zero attached hydrogens (tertiary/aromatic N) is 6. The first-order chi connectivity index (χ1) is 17.5. The fourth-order valence-electron chi connectivity index (χ4n) is 3.27. The van der Waals surface area contributed by atoms with Crippen molar-refractivity contribution < 1.29 is 10.2 Å². The first kappa shape index (κ1) is 23.0. The number of aromatic nitrogens is 1. The Morgan fingerprint density at radius 1 is 0.750 bits per heavy atom. The highest BCUT2D eigenvalue weighted by Gasteiger charge is 2.06. The Hall–Kier alpha value is -4.76. The maximum atomic E-state index is 10.3. The largest absolute Gasteiger partial charge is 0.508 e. The summed E-state index contributed by atoms with van der Waals surface area (Å²) < 4.78 is 1.03. The summed E-state index contributed by atoms with van der Waals surface area (Å²) in [6.45, 7) is 2.00. The number of aromatic hydroxyl groups is 2. The summed E-state index contributed by atoms with van der Waals surface area (Å²) >= 11 is 1.45. The lowest BCUT2D eigenvalue weighted by molar-refractivity contribution is 0.474. The van der Waals surface area contributed by atoms with E-state index in [1.165, 1.54) is 35.8 Å². The summed E-state index contributed by atoms with van der Waals surface area (Å²) in [6.07, 6.45) is 1.48. The number of azo groups is 2. The fourth-order valence-corrected chi connectivity index (χ4v) is 4.06. The van der Waals surface area contributed by atoms with Crippen molar-refractivity contribution in [3.8, 4) is 11.5 Å². The Kier molecular flexibility index (Phi) is 6.55. The van der Waals surface area contributed by atoms with Gasteiger partial charge in [0.05, 0.1) is 27.3 Å². The molecule has 0 aliphatic heterocycles. The number of thiazole rings is 1. The zero-order valence-corrected chi connectivity index (χ0v) is 20.0. The number of phenolic OH excluding ortho intramolecular Hbond substituents is 2. The van der Waals surface area contributed by atoms with Crippen molar-refractivity contribution in [1.29, 1.82) is 0 Å². The molecular formula is C27H20N6O2S. The van der Waals surface area contributed by atoms with Gasteiger partial charge in [-0.2, -0.15) is 5.11 Å². The van der Waals surface area contributed by atoms with Crippen LogP contribution in [0.1, 0.15) is 11.1 Å². The van der Waals surface area contributed by atoms with Crippen molar-refractivity contribution in [3.63, 3.8) is 0 Å². The van der Waals surface area contributed by atoms with Crippen molar-refractivity contribution in [2.45, 2.75) is 6.92 Å². The number of fused-ring (bicyclic) bond motifs is 1. The predicted octanol–water partition coefficient (Wildman–Crippen LogP) is 8.60. The van der Waals surface area contributed by atoms with Crippen LogP contribution in [0, 0.1) is 6.92 Å². The minimum atomic E-state index is 0.0284. The number of para-hydroxylation sites is 1. The Balaban J connectivity index is 1.39.